The van der Waals surface area contributed by atoms with Gasteiger partial charge >= 0.3 is 0 Å². The summed E-state index contributed by atoms with van der Waals surface area (Å²) in [7, 11) is 0. The maximum Gasteiger partial charge on any atom is 0.222 e. The van der Waals surface area contributed by atoms with E-state index in [4.69, 9.17) is 5.73 Å². The molecule has 16 heavy (non-hydrogen) atoms. The molecule has 1 aromatic rings. The molecule has 1 saturated heterocycles. The van der Waals surface area contributed by atoms with E-state index in [-0.39, 0.29) is 0 Å². The van der Waals surface area contributed by atoms with Crippen LogP contribution in [-0.2, 0) is 0 Å². The van der Waals surface area contributed by atoms with E-state index in [0.717, 1.165) is 35.2 Å². The minimum absolute atomic E-state index is 0.357. The van der Waals surface area contributed by atoms with Gasteiger partial charge in [-0.3, -0.25) is 0 Å². The van der Waals surface area contributed by atoms with E-state index in [9.17, 15) is 0 Å². The van der Waals surface area contributed by atoms with Crippen molar-refractivity contribution in [3.8, 4) is 0 Å². The zero-order valence-corrected chi connectivity index (χ0v) is 10.7. The Labute approximate surface area is 103 Å². The van der Waals surface area contributed by atoms with Crippen LogP contribution in [0.4, 0.5) is 11.8 Å². The summed E-state index contributed by atoms with van der Waals surface area (Å²) in [5, 5.41) is 0. The summed E-state index contributed by atoms with van der Waals surface area (Å²) in [5.74, 6) is 3.04. The summed E-state index contributed by atoms with van der Waals surface area (Å²) >= 11 is 3.50. The average molecular weight is 283 g/mol. The molecule has 2 fully saturated rings. The van der Waals surface area contributed by atoms with Crippen LogP contribution < -0.4 is 10.6 Å². The van der Waals surface area contributed by atoms with Gasteiger partial charge in [0.25, 0.3) is 0 Å². The van der Waals surface area contributed by atoms with Crippen molar-refractivity contribution >= 4 is 27.7 Å². The van der Waals surface area contributed by atoms with Crippen molar-refractivity contribution in [2.75, 3.05) is 23.7 Å². The number of hydrogen-bond acceptors (Lipinski definition) is 4. The highest BCUT2D eigenvalue weighted by Gasteiger charge is 2.37. The molecule has 86 valence electrons. The van der Waals surface area contributed by atoms with Gasteiger partial charge in [0.05, 0.1) is 4.47 Å². The smallest absolute Gasteiger partial charge is 0.222 e. The first-order valence-corrected chi connectivity index (χ1v) is 6.56. The summed E-state index contributed by atoms with van der Waals surface area (Å²) in [6, 6.07) is 0. The normalized spacial score (nSPS) is 28.4. The summed E-state index contributed by atoms with van der Waals surface area (Å²) in [4.78, 5) is 10.6. The number of aromatic nitrogens is 2. The number of rotatable bonds is 1. The molecule has 1 aliphatic heterocycles. The third kappa shape index (κ3) is 1.67. The van der Waals surface area contributed by atoms with Crippen molar-refractivity contribution < 1.29 is 0 Å². The van der Waals surface area contributed by atoms with Crippen molar-refractivity contribution in [3.63, 3.8) is 0 Å². The van der Waals surface area contributed by atoms with Crippen LogP contribution in [0.25, 0.3) is 0 Å². The summed E-state index contributed by atoms with van der Waals surface area (Å²) in [5.41, 5.74) is 5.64. The first-order valence-electron chi connectivity index (χ1n) is 5.77. The lowest BCUT2D eigenvalue weighted by atomic mass is 10.0. The number of anilines is 2. The molecule has 3 rings (SSSR count). The Balaban J connectivity index is 1.85. The van der Waals surface area contributed by atoms with E-state index in [1.54, 1.807) is 6.20 Å². The summed E-state index contributed by atoms with van der Waals surface area (Å²) in [6.07, 6.45) is 5.89. The quantitative estimate of drug-likeness (QED) is 0.857. The number of halogens is 1. The fourth-order valence-corrected chi connectivity index (χ4v) is 3.44. The molecule has 0 amide bonds. The van der Waals surface area contributed by atoms with Crippen LogP contribution in [0.3, 0.4) is 0 Å². The van der Waals surface area contributed by atoms with Gasteiger partial charge in [-0.15, -0.1) is 0 Å². The third-order valence-corrected chi connectivity index (χ3v) is 4.33. The van der Waals surface area contributed by atoms with Crippen molar-refractivity contribution in [2.45, 2.75) is 19.3 Å². The predicted molar refractivity (Wildman–Crippen MR) is 67.2 cm³/mol. The monoisotopic (exact) mass is 282 g/mol. The highest BCUT2D eigenvalue weighted by Crippen LogP contribution is 2.40. The number of nitrogens with zero attached hydrogens (tertiary/aromatic N) is 3. The molecule has 2 heterocycles. The molecule has 1 saturated carbocycles. The fraction of sp³-hybridized carbons (Fsp3) is 0.636. The molecule has 0 aromatic carbocycles. The second kappa shape index (κ2) is 3.87. The first-order chi connectivity index (χ1) is 7.74. The van der Waals surface area contributed by atoms with E-state index in [0.29, 0.717) is 5.95 Å². The Bertz CT molecular complexity index is 397. The van der Waals surface area contributed by atoms with E-state index < -0.39 is 0 Å². The number of fused-ring (bicyclic) bond motifs is 1. The molecule has 2 unspecified atom stereocenters. The van der Waals surface area contributed by atoms with Crippen LogP contribution in [0.15, 0.2) is 10.7 Å². The molecule has 1 aromatic heterocycles. The van der Waals surface area contributed by atoms with E-state index in [1.807, 2.05) is 0 Å². The van der Waals surface area contributed by atoms with Gasteiger partial charge in [-0.1, -0.05) is 6.42 Å². The van der Waals surface area contributed by atoms with Crippen molar-refractivity contribution in [1.29, 1.82) is 0 Å². The number of hydrogen-bond donors (Lipinski definition) is 1. The van der Waals surface area contributed by atoms with Crippen LogP contribution in [-0.4, -0.2) is 23.1 Å². The van der Waals surface area contributed by atoms with Gasteiger partial charge < -0.3 is 10.6 Å². The highest BCUT2D eigenvalue weighted by atomic mass is 79.9. The Morgan fingerprint density at radius 2 is 2.00 bits per heavy atom. The zero-order valence-electron chi connectivity index (χ0n) is 9.06. The number of nitrogen functional groups attached to an aromatic ring is 1. The Hall–Kier alpha value is -0.840. The molecule has 0 radical (unpaired) electrons. The van der Waals surface area contributed by atoms with E-state index in [1.165, 1.54) is 19.3 Å². The first kappa shape index (κ1) is 10.3. The van der Waals surface area contributed by atoms with Crippen molar-refractivity contribution in [1.82, 2.24) is 9.97 Å². The molecule has 0 bridgehead atoms. The number of nitrogens with two attached hydrogens (primary N) is 1. The van der Waals surface area contributed by atoms with Crippen LogP contribution in [0.5, 0.6) is 0 Å². The maximum atomic E-state index is 5.64. The lowest BCUT2D eigenvalue weighted by Crippen LogP contribution is -2.22. The maximum absolute atomic E-state index is 5.64. The largest absolute Gasteiger partial charge is 0.368 e. The molecule has 5 heteroatoms. The Morgan fingerprint density at radius 1 is 1.31 bits per heavy atom. The van der Waals surface area contributed by atoms with Crippen LogP contribution in [0.2, 0.25) is 0 Å². The van der Waals surface area contributed by atoms with Crippen LogP contribution in [0, 0.1) is 11.8 Å². The fourth-order valence-electron chi connectivity index (χ4n) is 3.00. The Kier molecular flexibility index (Phi) is 2.50. The van der Waals surface area contributed by atoms with Gasteiger partial charge in [-0.05, 0) is 40.6 Å². The summed E-state index contributed by atoms with van der Waals surface area (Å²) < 4.78 is 0.946. The topological polar surface area (TPSA) is 55.0 Å². The predicted octanol–water partition coefficient (Wildman–Crippen LogP) is 2.06. The lowest BCUT2D eigenvalue weighted by Gasteiger charge is -2.19. The molecular formula is C11H15BrN4. The van der Waals surface area contributed by atoms with Gasteiger partial charge in [-0.25, -0.2) is 4.98 Å². The summed E-state index contributed by atoms with van der Waals surface area (Å²) in [6.45, 7) is 2.25. The zero-order chi connectivity index (χ0) is 11.1. The standard InChI is InChI=1S/C11H15BrN4/c12-9-4-14-11(13)15-10(9)16-5-7-2-1-3-8(7)6-16/h4,7-8H,1-3,5-6H2,(H2,13,14,15). The molecule has 2 aliphatic rings. The van der Waals surface area contributed by atoms with Crippen LogP contribution >= 0.6 is 15.9 Å². The van der Waals surface area contributed by atoms with Crippen molar-refractivity contribution in [2.24, 2.45) is 11.8 Å². The molecule has 0 spiro atoms. The van der Waals surface area contributed by atoms with Gasteiger partial charge in [-0.2, -0.15) is 4.98 Å². The molecular weight excluding hydrogens is 268 g/mol. The van der Waals surface area contributed by atoms with E-state index in [2.05, 4.69) is 30.8 Å². The molecule has 2 atom stereocenters. The van der Waals surface area contributed by atoms with Crippen molar-refractivity contribution in [3.05, 3.63) is 10.7 Å². The lowest BCUT2D eigenvalue weighted by molar-refractivity contribution is 0.494. The molecule has 2 N–H and O–H groups in total. The van der Waals surface area contributed by atoms with Gasteiger partial charge in [0, 0.05) is 19.3 Å². The second-order valence-corrected chi connectivity index (χ2v) is 5.61. The Morgan fingerprint density at radius 3 is 2.69 bits per heavy atom. The van der Waals surface area contributed by atoms with Gasteiger partial charge in [0.2, 0.25) is 5.95 Å². The van der Waals surface area contributed by atoms with Gasteiger partial charge in [0.15, 0.2) is 0 Å². The SMILES string of the molecule is Nc1ncc(Br)c(N2CC3CCCC3C2)n1. The average Bonchev–Trinajstić information content (AvgIpc) is 2.81. The highest BCUT2D eigenvalue weighted by molar-refractivity contribution is 9.10. The van der Waals surface area contributed by atoms with E-state index >= 15 is 0 Å². The van der Waals surface area contributed by atoms with Crippen LogP contribution in [0.1, 0.15) is 19.3 Å². The minimum Gasteiger partial charge on any atom is -0.368 e. The molecule has 4 nitrogen and oxygen atoms in total. The third-order valence-electron chi connectivity index (χ3n) is 3.77. The van der Waals surface area contributed by atoms with Gasteiger partial charge in [0.1, 0.15) is 5.82 Å². The molecule has 1 aliphatic carbocycles. The second-order valence-electron chi connectivity index (χ2n) is 4.76. The minimum atomic E-state index is 0.357.